The van der Waals surface area contributed by atoms with Crippen molar-refractivity contribution in [3.8, 4) is 67.0 Å². The minimum Gasteiger partial charge on any atom is -0.310 e. The van der Waals surface area contributed by atoms with Crippen molar-refractivity contribution in [2.75, 3.05) is 4.90 Å². The van der Waals surface area contributed by atoms with E-state index in [9.17, 15) is 0 Å². The van der Waals surface area contributed by atoms with Crippen LogP contribution in [-0.2, 0) is 0 Å². The maximum Gasteiger partial charge on any atom is 0.0973 e. The Morgan fingerprint density at radius 1 is 0.237 bits per heavy atom. The molecule has 0 aliphatic heterocycles. The molecule has 3 nitrogen and oxygen atoms in total. The normalized spacial score (nSPS) is 11.1. The Kier molecular flexibility index (Phi) is 9.59. The molecule has 0 aliphatic carbocycles. The Morgan fingerprint density at radius 3 is 1.12 bits per heavy atom. The predicted molar refractivity (Wildman–Crippen MR) is 247 cm³/mol. The number of anilines is 3. The van der Waals surface area contributed by atoms with Gasteiger partial charge in [0, 0.05) is 28.2 Å². The number of aromatic nitrogens is 2. The van der Waals surface area contributed by atoms with Gasteiger partial charge in [-0.2, -0.15) is 0 Å². The molecule has 59 heavy (non-hydrogen) atoms. The quantitative estimate of drug-likeness (QED) is 0.147. The highest BCUT2D eigenvalue weighted by atomic mass is 15.1. The van der Waals surface area contributed by atoms with Gasteiger partial charge in [0.25, 0.3) is 0 Å². The fourth-order valence-electron chi connectivity index (χ4n) is 7.95. The molecular weight excluding hydrogens is 715 g/mol. The first kappa shape index (κ1) is 35.5. The van der Waals surface area contributed by atoms with Gasteiger partial charge < -0.3 is 4.90 Å². The lowest BCUT2D eigenvalue weighted by Crippen LogP contribution is -2.11. The van der Waals surface area contributed by atoms with Crippen molar-refractivity contribution < 1.29 is 0 Å². The largest absolute Gasteiger partial charge is 0.310 e. The molecule has 9 aromatic carbocycles. The summed E-state index contributed by atoms with van der Waals surface area (Å²) in [5.41, 5.74) is 17.9. The van der Waals surface area contributed by atoms with Crippen molar-refractivity contribution in [2.45, 2.75) is 0 Å². The molecule has 278 valence electrons. The van der Waals surface area contributed by atoms with Crippen LogP contribution in [0.5, 0.6) is 0 Å². The van der Waals surface area contributed by atoms with Crippen LogP contribution in [0.25, 0.3) is 78.1 Å². The standard InChI is InChI=1S/C56H39N3/c1-6-18-40(19-7-1)46-36-47(41-20-8-2-9-21-41)38-50(37-46)59(49-34-35-51(42-22-10-3-11-23-42)52(39-49)43-24-12-4-13-25-43)48-32-30-45(31-33-48)56-55(44-26-14-5-15-27-44)57-53-28-16-17-29-54(53)58-56/h1-39H. The summed E-state index contributed by atoms with van der Waals surface area (Å²) in [6.45, 7) is 0. The zero-order valence-corrected chi connectivity index (χ0v) is 32.4. The average Bonchev–Trinajstić information content (AvgIpc) is 3.33. The molecule has 0 fully saturated rings. The molecule has 10 rings (SSSR count). The fourth-order valence-corrected chi connectivity index (χ4v) is 7.95. The van der Waals surface area contributed by atoms with Crippen molar-refractivity contribution >= 4 is 28.1 Å². The smallest absolute Gasteiger partial charge is 0.0973 e. The van der Waals surface area contributed by atoms with E-state index in [1.54, 1.807) is 0 Å². The van der Waals surface area contributed by atoms with Gasteiger partial charge in [-0.25, -0.2) is 9.97 Å². The van der Waals surface area contributed by atoms with Gasteiger partial charge in [0.05, 0.1) is 22.4 Å². The third-order valence-corrected chi connectivity index (χ3v) is 10.8. The lowest BCUT2D eigenvalue weighted by Gasteiger charge is -2.28. The molecule has 3 heteroatoms. The molecule has 0 atom stereocenters. The van der Waals surface area contributed by atoms with Gasteiger partial charge in [0.2, 0.25) is 0 Å². The van der Waals surface area contributed by atoms with Crippen molar-refractivity contribution in [1.82, 2.24) is 9.97 Å². The molecule has 0 amide bonds. The van der Waals surface area contributed by atoms with Crippen LogP contribution in [0.3, 0.4) is 0 Å². The molecular formula is C56H39N3. The molecule has 0 N–H and O–H groups in total. The number of benzene rings is 9. The number of rotatable bonds is 9. The molecule has 10 aromatic rings. The van der Waals surface area contributed by atoms with Crippen molar-refractivity contribution in [3.05, 3.63) is 237 Å². The van der Waals surface area contributed by atoms with E-state index < -0.39 is 0 Å². The van der Waals surface area contributed by atoms with Gasteiger partial charge >= 0.3 is 0 Å². The second kappa shape index (κ2) is 15.9. The van der Waals surface area contributed by atoms with Crippen molar-refractivity contribution in [1.29, 1.82) is 0 Å². The van der Waals surface area contributed by atoms with Crippen molar-refractivity contribution in [2.24, 2.45) is 0 Å². The average molecular weight is 754 g/mol. The van der Waals surface area contributed by atoms with E-state index in [0.29, 0.717) is 0 Å². The van der Waals surface area contributed by atoms with Crippen LogP contribution in [-0.4, -0.2) is 9.97 Å². The van der Waals surface area contributed by atoms with Crippen LogP contribution >= 0.6 is 0 Å². The van der Waals surface area contributed by atoms with E-state index in [0.717, 1.165) is 84.0 Å². The summed E-state index contributed by atoms with van der Waals surface area (Å²) in [6, 6.07) is 83.7. The maximum atomic E-state index is 5.21. The summed E-state index contributed by atoms with van der Waals surface area (Å²) in [6.07, 6.45) is 0. The molecule has 0 bridgehead atoms. The van der Waals surface area contributed by atoms with E-state index >= 15 is 0 Å². The Balaban J connectivity index is 1.18. The highest BCUT2D eigenvalue weighted by Gasteiger charge is 2.20. The Labute approximate surface area is 345 Å². The van der Waals surface area contributed by atoms with Crippen LogP contribution in [0.2, 0.25) is 0 Å². The monoisotopic (exact) mass is 753 g/mol. The predicted octanol–water partition coefficient (Wildman–Crippen LogP) is 15.1. The van der Waals surface area contributed by atoms with E-state index in [2.05, 4.69) is 211 Å². The van der Waals surface area contributed by atoms with Crippen LogP contribution in [0.1, 0.15) is 0 Å². The highest BCUT2D eigenvalue weighted by molar-refractivity contribution is 5.92. The first-order valence-corrected chi connectivity index (χ1v) is 20.0. The van der Waals surface area contributed by atoms with Crippen LogP contribution in [0, 0.1) is 0 Å². The first-order valence-electron chi connectivity index (χ1n) is 20.0. The third-order valence-electron chi connectivity index (χ3n) is 10.8. The van der Waals surface area contributed by atoms with Gasteiger partial charge in [-0.1, -0.05) is 182 Å². The number of para-hydroxylation sites is 2. The highest BCUT2D eigenvalue weighted by Crippen LogP contribution is 2.44. The Hall–Kier alpha value is -7.88. The fraction of sp³-hybridized carbons (Fsp3) is 0. The zero-order valence-electron chi connectivity index (χ0n) is 32.4. The summed E-state index contributed by atoms with van der Waals surface area (Å²) in [7, 11) is 0. The second-order valence-electron chi connectivity index (χ2n) is 14.6. The first-order chi connectivity index (χ1) is 29.2. The van der Waals surface area contributed by atoms with E-state index in [4.69, 9.17) is 9.97 Å². The topological polar surface area (TPSA) is 29.0 Å². The summed E-state index contributed by atoms with van der Waals surface area (Å²) < 4.78 is 0. The number of hydrogen-bond acceptors (Lipinski definition) is 3. The summed E-state index contributed by atoms with van der Waals surface area (Å²) in [4.78, 5) is 12.7. The molecule has 1 aromatic heterocycles. The third kappa shape index (κ3) is 7.30. The van der Waals surface area contributed by atoms with Crippen molar-refractivity contribution in [3.63, 3.8) is 0 Å². The lowest BCUT2D eigenvalue weighted by molar-refractivity contribution is 1.27. The number of nitrogens with zero attached hydrogens (tertiary/aromatic N) is 3. The van der Waals surface area contributed by atoms with Gasteiger partial charge in [0.1, 0.15) is 0 Å². The lowest BCUT2D eigenvalue weighted by atomic mass is 9.93. The van der Waals surface area contributed by atoms with Gasteiger partial charge in [-0.3, -0.25) is 0 Å². The zero-order chi connectivity index (χ0) is 39.4. The Bertz CT molecular complexity index is 2950. The van der Waals surface area contributed by atoms with Gasteiger partial charge in [0.15, 0.2) is 0 Å². The number of hydrogen-bond donors (Lipinski definition) is 0. The summed E-state index contributed by atoms with van der Waals surface area (Å²) in [5, 5.41) is 0. The Morgan fingerprint density at radius 2 is 0.627 bits per heavy atom. The van der Waals surface area contributed by atoms with Crippen LogP contribution in [0.4, 0.5) is 17.1 Å². The minimum atomic E-state index is 0.851. The van der Waals surface area contributed by atoms with Gasteiger partial charge in [-0.05, 0) is 99.1 Å². The van der Waals surface area contributed by atoms with Gasteiger partial charge in [-0.15, -0.1) is 0 Å². The molecule has 1 heterocycles. The van der Waals surface area contributed by atoms with Crippen LogP contribution < -0.4 is 4.90 Å². The van der Waals surface area contributed by atoms with E-state index in [1.165, 1.54) is 11.1 Å². The molecule has 0 spiro atoms. The van der Waals surface area contributed by atoms with E-state index in [-0.39, 0.29) is 0 Å². The molecule has 0 radical (unpaired) electrons. The SMILES string of the molecule is c1ccc(-c2cc(-c3ccccc3)cc(N(c3ccc(-c4nc5ccccc5nc4-c4ccccc4)cc3)c3ccc(-c4ccccc4)c(-c4ccccc4)c3)c2)cc1. The summed E-state index contributed by atoms with van der Waals surface area (Å²) >= 11 is 0. The van der Waals surface area contributed by atoms with E-state index in [1.807, 2.05) is 30.3 Å². The molecule has 0 unspecified atom stereocenters. The van der Waals surface area contributed by atoms with Crippen LogP contribution in [0.15, 0.2) is 237 Å². The minimum absolute atomic E-state index is 0.851. The molecule has 0 saturated carbocycles. The summed E-state index contributed by atoms with van der Waals surface area (Å²) in [5.74, 6) is 0. The second-order valence-corrected chi connectivity index (χ2v) is 14.6. The molecule has 0 saturated heterocycles. The number of fused-ring (bicyclic) bond motifs is 1. The maximum absolute atomic E-state index is 5.21. The molecule has 0 aliphatic rings.